The van der Waals surface area contributed by atoms with Crippen molar-refractivity contribution in [1.29, 1.82) is 0 Å². The largest absolute Gasteiger partial charge is 0.490 e. The van der Waals surface area contributed by atoms with Crippen LogP contribution >= 0.6 is 11.6 Å². The zero-order chi connectivity index (χ0) is 10.7. The maximum atomic E-state index is 10.7. The topological polar surface area (TPSA) is 49.6 Å². The molecule has 1 unspecified atom stereocenters. The van der Waals surface area contributed by atoms with Crippen LogP contribution in [0.1, 0.15) is 0 Å². The van der Waals surface area contributed by atoms with Gasteiger partial charge in [0.1, 0.15) is 12.4 Å². The molecule has 1 aromatic carbocycles. The minimum absolute atomic E-state index is 0.281. The first kappa shape index (κ1) is 10.1. The number of hydrogen-bond donors (Lipinski definition) is 0. The number of carbonyl (C=O) groups is 1. The summed E-state index contributed by atoms with van der Waals surface area (Å²) in [5, 5.41) is 4.19. The van der Waals surface area contributed by atoms with Crippen molar-refractivity contribution < 1.29 is 14.3 Å². The lowest BCUT2D eigenvalue weighted by atomic mass is 10.3. The highest BCUT2D eigenvalue weighted by Gasteiger charge is 2.24. The molecular formula is C10H9ClNO3. The SMILES string of the molecule is O=C1[N]CC(COc2cccc(Cl)c2)O1. The third-order valence-corrected chi connectivity index (χ3v) is 2.16. The van der Waals surface area contributed by atoms with Crippen molar-refractivity contribution >= 4 is 17.7 Å². The first-order valence-electron chi connectivity index (χ1n) is 4.50. The van der Waals surface area contributed by atoms with E-state index in [-0.39, 0.29) is 6.10 Å². The molecule has 1 amide bonds. The van der Waals surface area contributed by atoms with Crippen LogP contribution in [0.15, 0.2) is 24.3 Å². The lowest BCUT2D eigenvalue weighted by molar-refractivity contribution is 0.105. The van der Waals surface area contributed by atoms with E-state index < -0.39 is 6.09 Å². The van der Waals surface area contributed by atoms with Crippen molar-refractivity contribution in [2.75, 3.05) is 13.2 Å². The number of hydrogen-bond acceptors (Lipinski definition) is 3. The molecule has 2 rings (SSSR count). The fourth-order valence-electron chi connectivity index (χ4n) is 1.23. The van der Waals surface area contributed by atoms with Crippen LogP contribution in [0, 0.1) is 0 Å². The molecule has 0 saturated carbocycles. The molecule has 79 valence electrons. The van der Waals surface area contributed by atoms with Gasteiger partial charge in [0.2, 0.25) is 0 Å². The van der Waals surface area contributed by atoms with Crippen LogP contribution < -0.4 is 10.1 Å². The summed E-state index contributed by atoms with van der Waals surface area (Å²) in [6.07, 6.45) is -0.800. The summed E-state index contributed by atoms with van der Waals surface area (Å²) in [5.74, 6) is 0.658. The Labute approximate surface area is 92.1 Å². The Kier molecular flexibility index (Phi) is 2.97. The van der Waals surface area contributed by atoms with Gasteiger partial charge in [-0.15, -0.1) is 0 Å². The summed E-state index contributed by atoms with van der Waals surface area (Å²) in [7, 11) is 0. The molecule has 5 heteroatoms. The summed E-state index contributed by atoms with van der Waals surface area (Å²) in [6.45, 7) is 0.662. The number of rotatable bonds is 3. The van der Waals surface area contributed by atoms with Crippen molar-refractivity contribution in [3.8, 4) is 5.75 Å². The second-order valence-electron chi connectivity index (χ2n) is 3.11. The standard InChI is InChI=1S/C10H9ClNO3/c11-7-2-1-3-8(4-7)14-6-9-5-12-10(13)15-9/h1-4,9H,5-6H2. The lowest BCUT2D eigenvalue weighted by Gasteiger charge is -2.09. The highest BCUT2D eigenvalue weighted by molar-refractivity contribution is 6.30. The molecule has 1 fully saturated rings. The minimum Gasteiger partial charge on any atom is -0.490 e. The molecule has 1 aliphatic heterocycles. The normalized spacial score (nSPS) is 19.5. The van der Waals surface area contributed by atoms with Crippen LogP contribution in [0.4, 0.5) is 4.79 Å². The van der Waals surface area contributed by atoms with Crippen molar-refractivity contribution in [2.24, 2.45) is 0 Å². The Hall–Kier alpha value is -1.42. The second kappa shape index (κ2) is 4.40. The molecule has 4 nitrogen and oxygen atoms in total. The number of amides is 1. The molecule has 15 heavy (non-hydrogen) atoms. The van der Waals surface area contributed by atoms with Gasteiger partial charge in [0.25, 0.3) is 0 Å². The summed E-state index contributed by atoms with van der Waals surface area (Å²) >= 11 is 5.78. The van der Waals surface area contributed by atoms with Crippen LogP contribution in [0.25, 0.3) is 0 Å². The number of halogens is 1. The molecule has 0 spiro atoms. The molecule has 1 heterocycles. The van der Waals surface area contributed by atoms with E-state index >= 15 is 0 Å². The van der Waals surface area contributed by atoms with Gasteiger partial charge in [-0.3, -0.25) is 0 Å². The van der Waals surface area contributed by atoms with Gasteiger partial charge >= 0.3 is 6.09 Å². The van der Waals surface area contributed by atoms with Crippen LogP contribution in [-0.2, 0) is 4.74 Å². The zero-order valence-corrected chi connectivity index (χ0v) is 8.61. The van der Waals surface area contributed by atoms with Gasteiger partial charge in [0.05, 0.1) is 6.54 Å². The molecule has 1 aromatic rings. The first-order chi connectivity index (χ1) is 7.24. The molecule has 1 radical (unpaired) electrons. The quantitative estimate of drug-likeness (QED) is 0.790. The van der Waals surface area contributed by atoms with E-state index in [0.29, 0.717) is 23.9 Å². The summed E-state index contributed by atoms with van der Waals surface area (Å²) < 4.78 is 10.2. The molecule has 0 N–H and O–H groups in total. The number of benzene rings is 1. The van der Waals surface area contributed by atoms with Gasteiger partial charge in [0, 0.05) is 5.02 Å². The number of cyclic esters (lactones) is 1. The summed E-state index contributed by atoms with van der Waals surface area (Å²) in [4.78, 5) is 10.7. The molecular weight excluding hydrogens is 218 g/mol. The highest BCUT2D eigenvalue weighted by Crippen LogP contribution is 2.17. The third kappa shape index (κ3) is 2.76. The maximum Gasteiger partial charge on any atom is 0.429 e. The summed E-state index contributed by atoms with van der Waals surface area (Å²) in [6, 6.07) is 7.05. The van der Waals surface area contributed by atoms with Crippen molar-refractivity contribution in [1.82, 2.24) is 5.32 Å². The Balaban J connectivity index is 1.85. The van der Waals surface area contributed by atoms with Crippen LogP contribution in [0.2, 0.25) is 5.02 Å². The maximum absolute atomic E-state index is 10.7. The molecule has 1 aliphatic rings. The number of carbonyl (C=O) groups excluding carboxylic acids is 1. The molecule has 0 aliphatic carbocycles. The minimum atomic E-state index is -0.519. The molecule has 1 saturated heterocycles. The van der Waals surface area contributed by atoms with E-state index in [9.17, 15) is 4.79 Å². The number of ether oxygens (including phenoxy) is 2. The van der Waals surface area contributed by atoms with Crippen LogP contribution in [-0.4, -0.2) is 25.3 Å². The predicted octanol–water partition coefficient (Wildman–Crippen LogP) is 1.84. The Morgan fingerprint density at radius 1 is 1.60 bits per heavy atom. The lowest BCUT2D eigenvalue weighted by Crippen LogP contribution is -2.20. The average molecular weight is 227 g/mol. The van der Waals surface area contributed by atoms with E-state index in [4.69, 9.17) is 21.1 Å². The van der Waals surface area contributed by atoms with Gasteiger partial charge in [0.15, 0.2) is 6.10 Å². The second-order valence-corrected chi connectivity index (χ2v) is 3.55. The fraction of sp³-hybridized carbons (Fsp3) is 0.300. The zero-order valence-electron chi connectivity index (χ0n) is 7.85. The van der Waals surface area contributed by atoms with Crippen molar-refractivity contribution in [3.63, 3.8) is 0 Å². The number of nitrogens with zero attached hydrogens (tertiary/aromatic N) is 1. The van der Waals surface area contributed by atoms with E-state index in [1.54, 1.807) is 24.3 Å². The van der Waals surface area contributed by atoms with Gasteiger partial charge in [-0.05, 0) is 18.2 Å². The van der Waals surface area contributed by atoms with E-state index in [2.05, 4.69) is 5.32 Å². The van der Waals surface area contributed by atoms with Gasteiger partial charge in [-0.1, -0.05) is 17.7 Å². The molecule has 0 bridgehead atoms. The Bertz CT molecular complexity index is 369. The predicted molar refractivity (Wildman–Crippen MR) is 54.2 cm³/mol. The van der Waals surface area contributed by atoms with Crippen molar-refractivity contribution in [2.45, 2.75) is 6.10 Å². The van der Waals surface area contributed by atoms with E-state index in [0.717, 1.165) is 0 Å². The monoisotopic (exact) mass is 226 g/mol. The summed E-state index contributed by atoms with van der Waals surface area (Å²) in [5.41, 5.74) is 0. The molecule has 0 aromatic heterocycles. The highest BCUT2D eigenvalue weighted by atomic mass is 35.5. The fourth-order valence-corrected chi connectivity index (χ4v) is 1.41. The third-order valence-electron chi connectivity index (χ3n) is 1.92. The van der Waals surface area contributed by atoms with Crippen LogP contribution in [0.3, 0.4) is 0 Å². The average Bonchev–Trinajstić information content (AvgIpc) is 2.62. The Morgan fingerprint density at radius 3 is 3.13 bits per heavy atom. The Morgan fingerprint density at radius 2 is 2.47 bits per heavy atom. The first-order valence-corrected chi connectivity index (χ1v) is 4.88. The van der Waals surface area contributed by atoms with E-state index in [1.165, 1.54) is 0 Å². The van der Waals surface area contributed by atoms with Crippen LogP contribution in [0.5, 0.6) is 5.75 Å². The van der Waals surface area contributed by atoms with Gasteiger partial charge in [-0.25, -0.2) is 10.1 Å². The van der Waals surface area contributed by atoms with Crippen molar-refractivity contribution in [3.05, 3.63) is 29.3 Å². The van der Waals surface area contributed by atoms with E-state index in [1.807, 2.05) is 0 Å². The van der Waals surface area contributed by atoms with Gasteiger partial charge in [-0.2, -0.15) is 0 Å². The molecule has 1 atom stereocenters. The van der Waals surface area contributed by atoms with Gasteiger partial charge < -0.3 is 9.47 Å². The smallest absolute Gasteiger partial charge is 0.429 e.